The third-order valence-electron chi connectivity index (χ3n) is 5.55. The van der Waals surface area contributed by atoms with Crippen molar-refractivity contribution in [2.75, 3.05) is 20.1 Å². The summed E-state index contributed by atoms with van der Waals surface area (Å²) in [5.41, 5.74) is 3.38. The van der Waals surface area contributed by atoms with Crippen molar-refractivity contribution in [3.05, 3.63) is 35.5 Å². The number of nitrogens with zero attached hydrogens (tertiary/aromatic N) is 2. The zero-order chi connectivity index (χ0) is 16.0. The van der Waals surface area contributed by atoms with Gasteiger partial charge in [-0.25, -0.2) is 0 Å². The Balaban J connectivity index is 1.47. The van der Waals surface area contributed by atoms with E-state index in [1.165, 1.54) is 18.2 Å². The van der Waals surface area contributed by atoms with E-state index in [0.29, 0.717) is 12.5 Å². The lowest BCUT2D eigenvalue weighted by Crippen LogP contribution is -2.40. The molecule has 23 heavy (non-hydrogen) atoms. The lowest BCUT2D eigenvalue weighted by atomic mass is 10.1. The number of carbonyl (C=O) groups is 1. The summed E-state index contributed by atoms with van der Waals surface area (Å²) in [5, 5.41) is 1.18. The number of aromatic nitrogens is 1. The lowest BCUT2D eigenvalue weighted by molar-refractivity contribution is -0.131. The molecule has 4 rings (SSSR count). The van der Waals surface area contributed by atoms with Gasteiger partial charge in [0.05, 0.1) is 6.42 Å². The second-order valence-electron chi connectivity index (χ2n) is 7.12. The van der Waals surface area contributed by atoms with E-state index < -0.39 is 0 Å². The van der Waals surface area contributed by atoms with Crippen LogP contribution in [-0.4, -0.2) is 52.9 Å². The fourth-order valence-corrected chi connectivity index (χ4v) is 3.90. The van der Waals surface area contributed by atoms with Crippen LogP contribution in [0.5, 0.6) is 0 Å². The Kier molecular flexibility index (Phi) is 3.64. The van der Waals surface area contributed by atoms with Crippen LogP contribution in [0.25, 0.3) is 10.9 Å². The van der Waals surface area contributed by atoms with Gasteiger partial charge < -0.3 is 9.88 Å². The number of nitrogens with one attached hydrogen (secondary N) is 1. The Morgan fingerprint density at radius 3 is 2.87 bits per heavy atom. The molecule has 2 aromatic rings. The minimum absolute atomic E-state index is 0.237. The molecule has 122 valence electrons. The summed E-state index contributed by atoms with van der Waals surface area (Å²) in [6.45, 7) is 4.27. The fourth-order valence-electron chi connectivity index (χ4n) is 3.90. The van der Waals surface area contributed by atoms with Gasteiger partial charge in [0.1, 0.15) is 0 Å². The van der Waals surface area contributed by atoms with E-state index in [1.54, 1.807) is 0 Å². The number of fused-ring (bicyclic) bond motifs is 1. The molecule has 1 amide bonds. The van der Waals surface area contributed by atoms with Gasteiger partial charge in [-0.3, -0.25) is 9.69 Å². The second-order valence-corrected chi connectivity index (χ2v) is 7.12. The predicted octanol–water partition coefficient (Wildman–Crippen LogP) is 2.71. The standard InChI is InChI=1S/C19H25N3O/c1-13-17(16-5-3-4-6-18(16)20-13)11-19(23)21(2)15-9-10-22(12-15)14-7-8-14/h3-6,14-15,20H,7-12H2,1-2H3. The zero-order valence-electron chi connectivity index (χ0n) is 14.0. The van der Waals surface area contributed by atoms with E-state index in [1.807, 2.05) is 24.1 Å². The molecule has 2 fully saturated rings. The van der Waals surface area contributed by atoms with Crippen molar-refractivity contribution in [1.29, 1.82) is 0 Å². The van der Waals surface area contributed by atoms with Crippen LogP contribution < -0.4 is 0 Å². The average molecular weight is 311 g/mol. The van der Waals surface area contributed by atoms with Gasteiger partial charge >= 0.3 is 0 Å². The third kappa shape index (κ3) is 2.76. The molecular formula is C19H25N3O. The highest BCUT2D eigenvalue weighted by molar-refractivity contribution is 5.90. The van der Waals surface area contributed by atoms with Crippen LogP contribution in [-0.2, 0) is 11.2 Å². The van der Waals surface area contributed by atoms with Gasteiger partial charge in [0.25, 0.3) is 0 Å². The van der Waals surface area contributed by atoms with Gasteiger partial charge in [-0.2, -0.15) is 0 Å². The van der Waals surface area contributed by atoms with Crippen molar-refractivity contribution in [1.82, 2.24) is 14.8 Å². The normalized spacial score (nSPS) is 21.9. The molecule has 1 saturated carbocycles. The molecule has 1 N–H and O–H groups in total. The minimum Gasteiger partial charge on any atom is -0.358 e. The summed E-state index contributed by atoms with van der Waals surface area (Å²) >= 11 is 0. The molecule has 4 heteroatoms. The SMILES string of the molecule is Cc1[nH]c2ccccc2c1CC(=O)N(C)C1CCN(C2CC2)C1. The lowest BCUT2D eigenvalue weighted by Gasteiger charge is -2.25. The van der Waals surface area contributed by atoms with Crippen LogP contribution in [0.1, 0.15) is 30.5 Å². The number of likely N-dealkylation sites (N-methyl/N-ethyl adjacent to an activating group) is 1. The topological polar surface area (TPSA) is 39.3 Å². The first kappa shape index (κ1) is 14.8. The number of rotatable bonds is 4. The molecular weight excluding hydrogens is 286 g/mol. The highest BCUT2D eigenvalue weighted by Crippen LogP contribution is 2.31. The Morgan fingerprint density at radius 2 is 2.09 bits per heavy atom. The molecule has 0 radical (unpaired) electrons. The van der Waals surface area contributed by atoms with Crippen molar-refractivity contribution in [2.24, 2.45) is 0 Å². The number of hydrogen-bond acceptors (Lipinski definition) is 2. The van der Waals surface area contributed by atoms with E-state index in [9.17, 15) is 4.79 Å². The Morgan fingerprint density at radius 1 is 1.30 bits per heavy atom. The average Bonchev–Trinajstić information content (AvgIpc) is 3.20. The summed E-state index contributed by atoms with van der Waals surface area (Å²) in [6, 6.07) is 9.43. The van der Waals surface area contributed by atoms with E-state index in [-0.39, 0.29) is 5.91 Å². The van der Waals surface area contributed by atoms with Crippen molar-refractivity contribution < 1.29 is 4.79 Å². The highest BCUT2D eigenvalue weighted by Gasteiger charge is 2.36. The molecule has 0 bridgehead atoms. The quantitative estimate of drug-likeness (QED) is 0.943. The first-order valence-electron chi connectivity index (χ1n) is 8.69. The number of H-pyrrole nitrogens is 1. The minimum atomic E-state index is 0.237. The molecule has 1 aromatic heterocycles. The van der Waals surface area contributed by atoms with Gasteiger partial charge in [0, 0.05) is 48.8 Å². The molecule has 2 heterocycles. The summed E-state index contributed by atoms with van der Waals surface area (Å²) in [5.74, 6) is 0.237. The number of hydrogen-bond donors (Lipinski definition) is 1. The monoisotopic (exact) mass is 311 g/mol. The molecule has 4 nitrogen and oxygen atoms in total. The van der Waals surface area contributed by atoms with Gasteiger partial charge in [0.15, 0.2) is 0 Å². The van der Waals surface area contributed by atoms with E-state index >= 15 is 0 Å². The molecule has 1 aliphatic heterocycles. The van der Waals surface area contributed by atoms with Gasteiger partial charge in [0.2, 0.25) is 5.91 Å². The number of likely N-dealkylation sites (tertiary alicyclic amines) is 1. The summed E-state index contributed by atoms with van der Waals surface area (Å²) in [7, 11) is 1.98. The van der Waals surface area contributed by atoms with Crippen LogP contribution >= 0.6 is 0 Å². The van der Waals surface area contributed by atoms with E-state index in [4.69, 9.17) is 0 Å². The number of aromatic amines is 1. The molecule has 1 saturated heterocycles. The Hall–Kier alpha value is -1.81. The smallest absolute Gasteiger partial charge is 0.227 e. The van der Waals surface area contributed by atoms with Crippen LogP contribution in [0, 0.1) is 6.92 Å². The summed E-state index contributed by atoms with van der Waals surface area (Å²) in [4.78, 5) is 20.7. The van der Waals surface area contributed by atoms with Crippen molar-refractivity contribution >= 4 is 16.8 Å². The number of para-hydroxylation sites is 1. The van der Waals surface area contributed by atoms with Gasteiger partial charge in [-0.1, -0.05) is 18.2 Å². The van der Waals surface area contributed by atoms with Gasteiger partial charge in [-0.15, -0.1) is 0 Å². The molecule has 1 aromatic carbocycles. The van der Waals surface area contributed by atoms with Crippen LogP contribution in [0.3, 0.4) is 0 Å². The first-order valence-corrected chi connectivity index (χ1v) is 8.69. The molecule has 0 spiro atoms. The molecule has 2 aliphatic rings. The van der Waals surface area contributed by atoms with Crippen molar-refractivity contribution in [2.45, 2.75) is 44.7 Å². The molecule has 1 atom stereocenters. The summed E-state index contributed by atoms with van der Waals surface area (Å²) in [6.07, 6.45) is 4.30. The maximum Gasteiger partial charge on any atom is 0.227 e. The number of amides is 1. The maximum atomic E-state index is 12.8. The molecule has 1 aliphatic carbocycles. The van der Waals surface area contributed by atoms with Crippen LogP contribution in [0.15, 0.2) is 24.3 Å². The van der Waals surface area contributed by atoms with Crippen molar-refractivity contribution in [3.8, 4) is 0 Å². The third-order valence-corrected chi connectivity index (χ3v) is 5.55. The maximum absolute atomic E-state index is 12.8. The molecule has 1 unspecified atom stereocenters. The zero-order valence-corrected chi connectivity index (χ0v) is 14.0. The predicted molar refractivity (Wildman–Crippen MR) is 92.5 cm³/mol. The Labute approximate surface area is 137 Å². The Bertz CT molecular complexity index is 731. The van der Waals surface area contributed by atoms with Crippen molar-refractivity contribution in [3.63, 3.8) is 0 Å². The van der Waals surface area contributed by atoms with E-state index in [2.05, 4.69) is 28.9 Å². The largest absolute Gasteiger partial charge is 0.358 e. The number of aryl methyl sites for hydroxylation is 1. The van der Waals surface area contributed by atoms with Crippen LogP contribution in [0.2, 0.25) is 0 Å². The number of carbonyl (C=O) groups excluding carboxylic acids is 1. The van der Waals surface area contributed by atoms with E-state index in [0.717, 1.165) is 42.3 Å². The fraction of sp³-hybridized carbons (Fsp3) is 0.526. The second kappa shape index (κ2) is 5.68. The number of benzene rings is 1. The highest BCUT2D eigenvalue weighted by atomic mass is 16.2. The van der Waals surface area contributed by atoms with Crippen LogP contribution in [0.4, 0.5) is 0 Å². The first-order chi connectivity index (χ1) is 11.1. The van der Waals surface area contributed by atoms with Gasteiger partial charge in [-0.05, 0) is 37.8 Å². The summed E-state index contributed by atoms with van der Waals surface area (Å²) < 4.78 is 0.